The smallest absolute Gasteiger partial charge is 0.416 e. The molecule has 2 aromatic rings. The van der Waals surface area contributed by atoms with Crippen molar-refractivity contribution in [1.29, 1.82) is 0 Å². The van der Waals surface area contributed by atoms with E-state index in [1.54, 1.807) is 0 Å². The molecule has 1 aromatic carbocycles. The summed E-state index contributed by atoms with van der Waals surface area (Å²) in [6.07, 6.45) is -4.42. The van der Waals surface area contributed by atoms with E-state index in [0.717, 1.165) is 12.1 Å². The van der Waals surface area contributed by atoms with Crippen molar-refractivity contribution in [1.82, 2.24) is 4.98 Å². The van der Waals surface area contributed by atoms with Crippen LogP contribution in [0.1, 0.15) is 15.8 Å². The number of benzene rings is 1. The fourth-order valence-electron chi connectivity index (χ4n) is 1.74. The van der Waals surface area contributed by atoms with Crippen LogP contribution >= 0.6 is 22.9 Å². The first-order valence-electron chi connectivity index (χ1n) is 5.74. The van der Waals surface area contributed by atoms with Crippen molar-refractivity contribution in [2.45, 2.75) is 11.6 Å². The fraction of sp³-hybridized carbons (Fsp3) is 0.231. The molecule has 8 heteroatoms. The highest BCUT2D eigenvalue weighted by atomic mass is 35.5. The molecule has 112 valence electrons. The lowest BCUT2D eigenvalue weighted by molar-refractivity contribution is -0.137. The number of hydrogen-bond donors (Lipinski definition) is 0. The maximum Gasteiger partial charge on any atom is 0.416 e. The van der Waals surface area contributed by atoms with E-state index in [2.05, 4.69) is 9.72 Å². The number of aromatic nitrogens is 1. The summed E-state index contributed by atoms with van der Waals surface area (Å²) in [5.74, 6) is 0. The second kappa shape index (κ2) is 6.44. The molecule has 1 atom stereocenters. The van der Waals surface area contributed by atoms with Crippen LogP contribution in [-0.4, -0.2) is 18.1 Å². The highest BCUT2D eigenvalue weighted by Gasteiger charge is 2.31. The van der Waals surface area contributed by atoms with Gasteiger partial charge in [-0.05, 0) is 12.1 Å². The average Bonchev–Trinajstić information content (AvgIpc) is 2.93. The predicted octanol–water partition coefficient (Wildman–Crippen LogP) is 4.28. The Morgan fingerprint density at radius 1 is 1.43 bits per heavy atom. The van der Waals surface area contributed by atoms with Gasteiger partial charge >= 0.3 is 6.18 Å². The highest BCUT2D eigenvalue weighted by Crippen LogP contribution is 2.37. The minimum absolute atomic E-state index is 0.0702. The number of rotatable bonds is 5. The Labute approximate surface area is 127 Å². The Morgan fingerprint density at radius 2 is 2.19 bits per heavy atom. The molecule has 1 heterocycles. The van der Waals surface area contributed by atoms with Crippen molar-refractivity contribution >= 4 is 29.4 Å². The molecule has 0 aliphatic rings. The van der Waals surface area contributed by atoms with Crippen LogP contribution in [0.3, 0.4) is 0 Å². The van der Waals surface area contributed by atoms with Crippen LogP contribution in [0, 0.1) is 0 Å². The maximum atomic E-state index is 12.7. The van der Waals surface area contributed by atoms with E-state index >= 15 is 0 Å². The number of alkyl halides is 4. The number of thiazole rings is 1. The molecule has 0 fully saturated rings. The molecule has 3 nitrogen and oxygen atoms in total. The molecule has 1 unspecified atom stereocenters. The van der Waals surface area contributed by atoms with Crippen molar-refractivity contribution in [3.8, 4) is 11.3 Å². The van der Waals surface area contributed by atoms with Crippen LogP contribution in [0.2, 0.25) is 0 Å². The minimum atomic E-state index is -4.42. The molecule has 0 saturated carbocycles. The fourth-order valence-corrected chi connectivity index (χ4v) is 2.84. The zero-order valence-electron chi connectivity index (χ0n) is 10.4. The van der Waals surface area contributed by atoms with E-state index in [9.17, 15) is 18.0 Å². The number of halogens is 4. The Bertz CT molecular complexity index is 630. The molecular formula is C13H9ClF3NO2S. The van der Waals surface area contributed by atoms with Gasteiger partial charge in [0.1, 0.15) is 12.0 Å². The number of nitrogens with zero attached hydrogens (tertiary/aromatic N) is 1. The van der Waals surface area contributed by atoms with Crippen LogP contribution in [0.4, 0.5) is 13.2 Å². The Morgan fingerprint density at radius 3 is 2.86 bits per heavy atom. The summed E-state index contributed by atoms with van der Waals surface area (Å²) >= 11 is 7.27. The second-order valence-electron chi connectivity index (χ2n) is 4.04. The van der Waals surface area contributed by atoms with E-state index in [1.807, 2.05) is 0 Å². The van der Waals surface area contributed by atoms with Crippen molar-refractivity contribution in [2.75, 3.05) is 6.61 Å². The van der Waals surface area contributed by atoms with Crippen molar-refractivity contribution in [3.63, 3.8) is 0 Å². The van der Waals surface area contributed by atoms with E-state index in [4.69, 9.17) is 11.6 Å². The molecule has 0 radical (unpaired) electrons. The minimum Gasteiger partial charge on any atom is -0.466 e. The van der Waals surface area contributed by atoms with Crippen LogP contribution in [0.5, 0.6) is 0 Å². The maximum absolute atomic E-state index is 12.7. The first kappa shape index (κ1) is 15.8. The molecule has 0 spiro atoms. The number of ether oxygens (including phenoxy) is 1. The summed E-state index contributed by atoms with van der Waals surface area (Å²) in [6, 6.07) is 4.84. The highest BCUT2D eigenvalue weighted by molar-refractivity contribution is 7.10. The Kier molecular flexibility index (Phi) is 4.84. The largest absolute Gasteiger partial charge is 0.466 e. The molecule has 0 saturated heterocycles. The summed E-state index contributed by atoms with van der Waals surface area (Å²) in [7, 11) is 0. The molecule has 0 N–H and O–H groups in total. The molecule has 0 aliphatic heterocycles. The third-order valence-corrected chi connectivity index (χ3v) is 4.07. The first-order valence-corrected chi connectivity index (χ1v) is 7.05. The monoisotopic (exact) mass is 335 g/mol. The predicted molar refractivity (Wildman–Crippen MR) is 73.2 cm³/mol. The van der Waals surface area contributed by atoms with Crippen LogP contribution in [0.25, 0.3) is 11.3 Å². The summed E-state index contributed by atoms with van der Waals surface area (Å²) in [5.41, 5.74) is 1.41. The lowest BCUT2D eigenvalue weighted by Crippen LogP contribution is -2.05. The zero-order chi connectivity index (χ0) is 15.5. The van der Waals surface area contributed by atoms with Crippen molar-refractivity contribution in [2.24, 2.45) is 0 Å². The normalized spacial score (nSPS) is 13.0. The van der Waals surface area contributed by atoms with Crippen LogP contribution in [0.15, 0.2) is 29.8 Å². The van der Waals surface area contributed by atoms with Gasteiger partial charge in [0.05, 0.1) is 21.6 Å². The van der Waals surface area contributed by atoms with Gasteiger partial charge in [-0.2, -0.15) is 13.2 Å². The van der Waals surface area contributed by atoms with Crippen molar-refractivity contribution in [3.05, 3.63) is 40.2 Å². The van der Waals surface area contributed by atoms with Gasteiger partial charge in [0.2, 0.25) is 0 Å². The van der Waals surface area contributed by atoms with Crippen molar-refractivity contribution < 1.29 is 22.7 Å². The van der Waals surface area contributed by atoms with Gasteiger partial charge in [-0.25, -0.2) is 4.98 Å². The lowest BCUT2D eigenvalue weighted by Gasteiger charge is -2.10. The summed E-state index contributed by atoms with van der Waals surface area (Å²) in [6.45, 7) is 0.194. The summed E-state index contributed by atoms with van der Waals surface area (Å²) < 4.78 is 42.8. The zero-order valence-corrected chi connectivity index (χ0v) is 12.0. The van der Waals surface area contributed by atoms with Gasteiger partial charge < -0.3 is 4.74 Å². The van der Waals surface area contributed by atoms with Gasteiger partial charge in [0.25, 0.3) is 6.47 Å². The van der Waals surface area contributed by atoms with Gasteiger partial charge in [-0.3, -0.25) is 4.79 Å². The summed E-state index contributed by atoms with van der Waals surface area (Å²) in [5, 5.41) is -0.660. The SMILES string of the molecule is O=COCC(Cl)c1scnc1-c1cccc(C(F)(F)F)c1. The molecule has 1 aromatic heterocycles. The quantitative estimate of drug-likeness (QED) is 0.604. The van der Waals surface area contributed by atoms with Crippen LogP contribution in [-0.2, 0) is 15.7 Å². The molecular weight excluding hydrogens is 327 g/mol. The number of carbonyl (C=O) groups excluding carboxylic acids is 1. The van der Waals surface area contributed by atoms with Crippen LogP contribution < -0.4 is 0 Å². The number of hydrogen-bond acceptors (Lipinski definition) is 4. The Balaban J connectivity index is 2.35. The molecule has 0 bridgehead atoms. The summed E-state index contributed by atoms with van der Waals surface area (Å²) in [4.78, 5) is 14.8. The van der Waals surface area contributed by atoms with E-state index < -0.39 is 17.1 Å². The topological polar surface area (TPSA) is 39.2 Å². The Hall–Kier alpha value is -1.60. The van der Waals surface area contributed by atoms with Gasteiger partial charge in [-0.15, -0.1) is 22.9 Å². The van der Waals surface area contributed by atoms with Gasteiger partial charge in [-0.1, -0.05) is 12.1 Å². The van der Waals surface area contributed by atoms with E-state index in [1.165, 1.54) is 29.0 Å². The van der Waals surface area contributed by atoms with E-state index in [0.29, 0.717) is 16.1 Å². The van der Waals surface area contributed by atoms with Gasteiger partial charge in [0, 0.05) is 5.56 Å². The van der Waals surface area contributed by atoms with E-state index in [-0.39, 0.29) is 13.1 Å². The lowest BCUT2D eigenvalue weighted by atomic mass is 10.1. The molecule has 0 aliphatic carbocycles. The standard InChI is InChI=1S/C13H9ClF3NO2S/c14-10(5-20-7-19)12-11(18-6-21-12)8-2-1-3-9(4-8)13(15,16)17/h1-4,6-7,10H,5H2. The second-order valence-corrected chi connectivity index (χ2v) is 5.45. The average molecular weight is 336 g/mol. The molecule has 2 rings (SSSR count). The molecule has 21 heavy (non-hydrogen) atoms. The third-order valence-electron chi connectivity index (χ3n) is 2.65. The third kappa shape index (κ3) is 3.74. The number of carbonyl (C=O) groups is 1. The molecule has 0 amide bonds. The van der Waals surface area contributed by atoms with Gasteiger partial charge in [0.15, 0.2) is 0 Å². The first-order chi connectivity index (χ1) is 9.93.